The van der Waals surface area contributed by atoms with E-state index in [9.17, 15) is 14.2 Å². The Morgan fingerprint density at radius 2 is 1.90 bits per heavy atom. The minimum Gasteiger partial charge on any atom is -0.480 e. The second-order valence-corrected chi connectivity index (χ2v) is 6.06. The first-order valence-electron chi connectivity index (χ1n) is 5.87. The van der Waals surface area contributed by atoms with Gasteiger partial charge in [0.05, 0.1) is 7.11 Å². The third-order valence-corrected chi connectivity index (χ3v) is 2.96. The molecule has 1 amide bonds. The molecular weight excluding hydrogens is 301 g/mol. The van der Waals surface area contributed by atoms with Gasteiger partial charge in [0.25, 0.3) is 0 Å². The van der Waals surface area contributed by atoms with Crippen LogP contribution < -0.4 is 9.84 Å². The smallest absolute Gasteiger partial charge is 0.407 e. The van der Waals surface area contributed by atoms with E-state index in [4.69, 9.17) is 14.5 Å². The number of hydrogen-bond donors (Lipinski definition) is 3. The van der Waals surface area contributed by atoms with Crippen LogP contribution in [0.1, 0.15) is 5.56 Å². The van der Waals surface area contributed by atoms with Gasteiger partial charge in [-0.1, -0.05) is 12.1 Å². The molecule has 0 fully saturated rings. The molecule has 0 saturated heterocycles. The molecule has 0 heterocycles. The number of carbonyl (C=O) groups is 2. The number of carboxylic acids is 1. The highest BCUT2D eigenvalue weighted by Crippen LogP contribution is 2.37. The molecule has 0 saturated carbocycles. The van der Waals surface area contributed by atoms with Crippen LogP contribution in [0.3, 0.4) is 0 Å². The van der Waals surface area contributed by atoms with Crippen LogP contribution in [0.2, 0.25) is 0 Å². The molecule has 1 aromatic rings. The van der Waals surface area contributed by atoms with Crippen LogP contribution in [0, 0.1) is 0 Å². The minimum absolute atomic E-state index is 0.0353. The maximum Gasteiger partial charge on any atom is 0.407 e. The molecule has 116 valence electrons. The normalized spacial score (nSPS) is 14.6. The number of amides is 1. The van der Waals surface area contributed by atoms with Gasteiger partial charge in [0, 0.05) is 13.1 Å². The maximum absolute atomic E-state index is 11.1. The molecule has 2 unspecified atom stereocenters. The number of alkyl carbamates (subject to hydrolysis) is 1. The second-order valence-electron chi connectivity index (χ2n) is 4.27. The van der Waals surface area contributed by atoms with Gasteiger partial charge in [0.1, 0.15) is 11.8 Å². The average Bonchev–Trinajstić information content (AvgIpc) is 2.38. The fourth-order valence-electron chi connectivity index (χ4n) is 1.52. The van der Waals surface area contributed by atoms with Crippen molar-refractivity contribution in [3.05, 3.63) is 29.8 Å². The van der Waals surface area contributed by atoms with Crippen molar-refractivity contribution in [1.82, 2.24) is 5.32 Å². The molecule has 9 heteroatoms. The SMILES string of the molecule is COC(=O)NC(Cc1ccc(OP(C)(=O)O)cc1)C(=O)O. The summed E-state index contributed by atoms with van der Waals surface area (Å²) in [6.07, 6.45) is -0.803. The van der Waals surface area contributed by atoms with Gasteiger partial charge in [-0.25, -0.2) is 14.2 Å². The maximum atomic E-state index is 11.1. The van der Waals surface area contributed by atoms with Gasteiger partial charge >= 0.3 is 19.7 Å². The highest BCUT2D eigenvalue weighted by atomic mass is 31.2. The van der Waals surface area contributed by atoms with Crippen molar-refractivity contribution in [2.24, 2.45) is 0 Å². The third kappa shape index (κ3) is 6.29. The summed E-state index contributed by atoms with van der Waals surface area (Å²) < 4.78 is 20.2. The number of carbonyl (C=O) groups excluding carboxylic acids is 1. The van der Waals surface area contributed by atoms with E-state index < -0.39 is 25.7 Å². The van der Waals surface area contributed by atoms with Crippen LogP contribution in [0.25, 0.3) is 0 Å². The summed E-state index contributed by atoms with van der Waals surface area (Å²) in [5.74, 6) is -1.01. The lowest BCUT2D eigenvalue weighted by molar-refractivity contribution is -0.139. The van der Waals surface area contributed by atoms with Crippen molar-refractivity contribution in [3.8, 4) is 5.75 Å². The third-order valence-electron chi connectivity index (χ3n) is 2.41. The fourth-order valence-corrected chi connectivity index (χ4v) is 2.03. The zero-order chi connectivity index (χ0) is 16.0. The molecule has 2 atom stereocenters. The molecule has 8 nitrogen and oxygen atoms in total. The van der Waals surface area contributed by atoms with Gasteiger partial charge in [-0.05, 0) is 17.7 Å². The first-order valence-corrected chi connectivity index (χ1v) is 7.90. The highest BCUT2D eigenvalue weighted by molar-refractivity contribution is 7.52. The molecule has 0 radical (unpaired) electrons. The topological polar surface area (TPSA) is 122 Å². The summed E-state index contributed by atoms with van der Waals surface area (Å²) in [6, 6.07) is 4.83. The van der Waals surface area contributed by atoms with Gasteiger partial charge in [0.15, 0.2) is 0 Å². The van der Waals surface area contributed by atoms with E-state index in [1.165, 1.54) is 12.1 Å². The molecule has 1 aromatic carbocycles. The molecule has 1 rings (SSSR count). The van der Waals surface area contributed by atoms with Crippen LogP contribution in [0.5, 0.6) is 5.75 Å². The Hall–Kier alpha value is -2.05. The zero-order valence-corrected chi connectivity index (χ0v) is 12.4. The standard InChI is InChI=1S/C12H16NO7P/c1-19-12(16)13-10(11(14)15)7-8-3-5-9(6-4-8)20-21(2,17)18/h3-6,10H,7H2,1-2H3,(H,13,16)(H,14,15)(H,17,18). The molecule has 0 bridgehead atoms. The Labute approximate surface area is 121 Å². The van der Waals surface area contributed by atoms with Crippen LogP contribution in [-0.2, 0) is 20.5 Å². The number of benzene rings is 1. The summed E-state index contributed by atoms with van der Waals surface area (Å²) in [6.45, 7) is 1.06. The minimum atomic E-state index is -3.64. The summed E-state index contributed by atoms with van der Waals surface area (Å²) in [7, 11) is -2.50. The summed E-state index contributed by atoms with van der Waals surface area (Å²) in [5.41, 5.74) is 0.607. The van der Waals surface area contributed by atoms with Crippen molar-refractivity contribution in [2.45, 2.75) is 12.5 Å². The molecule has 0 aliphatic carbocycles. The van der Waals surface area contributed by atoms with E-state index >= 15 is 0 Å². The predicted molar refractivity (Wildman–Crippen MR) is 73.5 cm³/mol. The van der Waals surface area contributed by atoms with E-state index in [1.807, 2.05) is 0 Å². The number of ether oxygens (including phenoxy) is 1. The molecule has 21 heavy (non-hydrogen) atoms. The lowest BCUT2D eigenvalue weighted by atomic mass is 10.1. The molecule has 0 spiro atoms. The Kier molecular flexibility index (Phi) is 5.75. The Bertz CT molecular complexity index is 551. The van der Waals surface area contributed by atoms with Gasteiger partial charge < -0.3 is 24.6 Å². The molecule has 0 aliphatic heterocycles. The van der Waals surface area contributed by atoms with Crippen LogP contribution in [0.4, 0.5) is 4.79 Å². The Morgan fingerprint density at radius 1 is 1.33 bits per heavy atom. The number of rotatable bonds is 6. The average molecular weight is 317 g/mol. The van der Waals surface area contributed by atoms with Gasteiger partial charge in [-0.2, -0.15) is 0 Å². The van der Waals surface area contributed by atoms with Crippen LogP contribution >= 0.6 is 7.60 Å². The highest BCUT2D eigenvalue weighted by Gasteiger charge is 2.21. The molecule has 0 aromatic heterocycles. The second kappa shape index (κ2) is 7.10. The van der Waals surface area contributed by atoms with Crippen molar-refractivity contribution >= 4 is 19.7 Å². The van der Waals surface area contributed by atoms with E-state index in [0.29, 0.717) is 5.56 Å². The largest absolute Gasteiger partial charge is 0.480 e. The fraction of sp³-hybridized carbons (Fsp3) is 0.333. The van der Waals surface area contributed by atoms with Gasteiger partial charge in [-0.15, -0.1) is 0 Å². The van der Waals surface area contributed by atoms with Gasteiger partial charge in [0.2, 0.25) is 0 Å². The predicted octanol–water partition coefficient (Wildman–Crippen LogP) is 1.23. The Morgan fingerprint density at radius 3 is 2.33 bits per heavy atom. The summed E-state index contributed by atoms with van der Waals surface area (Å²) in [5, 5.41) is 11.2. The van der Waals surface area contributed by atoms with Crippen molar-refractivity contribution in [1.29, 1.82) is 0 Å². The summed E-state index contributed by atoms with van der Waals surface area (Å²) in [4.78, 5) is 31.2. The number of nitrogens with one attached hydrogen (secondary N) is 1. The van der Waals surface area contributed by atoms with Crippen molar-refractivity contribution in [3.63, 3.8) is 0 Å². The van der Waals surface area contributed by atoms with Crippen LogP contribution in [0.15, 0.2) is 24.3 Å². The van der Waals surface area contributed by atoms with Crippen LogP contribution in [-0.4, -0.2) is 41.9 Å². The molecule has 0 aliphatic rings. The van der Waals surface area contributed by atoms with E-state index in [2.05, 4.69) is 10.1 Å². The first-order chi connectivity index (χ1) is 9.71. The quantitative estimate of drug-likeness (QED) is 0.674. The number of aliphatic carboxylic acids is 1. The monoisotopic (exact) mass is 317 g/mol. The Balaban J connectivity index is 2.74. The molecule has 3 N–H and O–H groups in total. The molecular formula is C12H16NO7P. The number of methoxy groups -OCH3 is 1. The van der Waals surface area contributed by atoms with Gasteiger partial charge in [-0.3, -0.25) is 0 Å². The first kappa shape index (κ1) is 17.0. The summed E-state index contributed by atoms with van der Waals surface area (Å²) >= 11 is 0. The van der Waals surface area contributed by atoms with E-state index in [0.717, 1.165) is 13.8 Å². The van der Waals surface area contributed by atoms with E-state index in [1.54, 1.807) is 12.1 Å². The lowest BCUT2D eigenvalue weighted by Gasteiger charge is -2.14. The van der Waals surface area contributed by atoms with Crippen molar-refractivity contribution in [2.75, 3.05) is 13.8 Å². The number of hydrogen-bond acceptors (Lipinski definition) is 5. The zero-order valence-electron chi connectivity index (χ0n) is 11.5. The van der Waals surface area contributed by atoms with Crippen molar-refractivity contribution < 1.29 is 33.4 Å². The lowest BCUT2D eigenvalue weighted by Crippen LogP contribution is -2.42. The van der Waals surface area contributed by atoms with E-state index in [-0.39, 0.29) is 12.2 Å². The number of carboxylic acid groups (broad SMARTS) is 1.